The molecule has 3 aliphatic rings. The molecular weight excluding hydrogens is 685 g/mol. The Kier molecular flexibility index (Phi) is 9.05. The second kappa shape index (κ2) is 12.4. The lowest BCUT2D eigenvalue weighted by atomic mass is 9.80. The maximum atomic E-state index is 13.4. The van der Waals surface area contributed by atoms with Gasteiger partial charge in [0.25, 0.3) is 26.1 Å². The van der Waals surface area contributed by atoms with E-state index in [2.05, 4.69) is 5.32 Å². The number of nitrogens with one attached hydrogen (secondary N) is 1. The average molecular weight is 732 g/mol. The lowest BCUT2D eigenvalue weighted by Gasteiger charge is -2.39. The summed E-state index contributed by atoms with van der Waals surface area (Å²) in [5, 5.41) is 22.3. The fourth-order valence-corrected chi connectivity index (χ4v) is 9.76. The molecule has 6 rings (SSSR count). The van der Waals surface area contributed by atoms with Crippen LogP contribution in [0.1, 0.15) is 114 Å². The number of aliphatic hydroxyl groups is 2. The van der Waals surface area contributed by atoms with Crippen LogP contribution in [0.3, 0.4) is 0 Å². The first-order chi connectivity index (χ1) is 23.1. The number of aromatic nitrogens is 2. The molecule has 50 heavy (non-hydrogen) atoms. The zero-order chi connectivity index (χ0) is 36.7. The van der Waals surface area contributed by atoms with Crippen molar-refractivity contribution >= 4 is 31.5 Å². The maximum absolute atomic E-state index is 13.4. The topological polar surface area (TPSA) is 192 Å². The number of benzene rings is 2. The van der Waals surface area contributed by atoms with Crippen LogP contribution < -0.4 is 25.2 Å². The number of nitrogens with zero attached hydrogens (tertiary/aromatic N) is 3. The van der Waals surface area contributed by atoms with Gasteiger partial charge >= 0.3 is 0 Å². The number of ether oxygens (including phenoxy) is 1. The minimum absolute atomic E-state index is 0.0582. The van der Waals surface area contributed by atoms with Crippen LogP contribution in [0.25, 0.3) is 5.57 Å². The summed E-state index contributed by atoms with van der Waals surface area (Å²) in [7, 11) is -8.17. The van der Waals surface area contributed by atoms with E-state index in [0.29, 0.717) is 72.0 Å². The first-order valence-electron chi connectivity index (χ1n) is 16.9. The van der Waals surface area contributed by atoms with Gasteiger partial charge in [-0.05, 0) is 101 Å². The van der Waals surface area contributed by atoms with Crippen LogP contribution in [0, 0.1) is 0 Å². The summed E-state index contributed by atoms with van der Waals surface area (Å²) in [6, 6.07) is 3.69. The van der Waals surface area contributed by atoms with Gasteiger partial charge in [-0.2, -0.15) is 16.8 Å². The predicted octanol–water partition coefficient (Wildman–Crippen LogP) is 3.63. The van der Waals surface area contributed by atoms with Gasteiger partial charge in [0, 0.05) is 16.3 Å². The highest BCUT2D eigenvalue weighted by molar-refractivity contribution is 7.86. The molecule has 0 aliphatic carbocycles. The normalized spacial score (nSPS) is 20.6. The van der Waals surface area contributed by atoms with Gasteiger partial charge in [0.15, 0.2) is 27.6 Å². The molecule has 0 spiro atoms. The third-order valence-electron chi connectivity index (χ3n) is 9.99. The van der Waals surface area contributed by atoms with Gasteiger partial charge < -0.3 is 20.3 Å². The fourth-order valence-electron chi connectivity index (χ4n) is 8.15. The molecule has 0 radical (unpaired) electrons. The second-order valence-electron chi connectivity index (χ2n) is 15.4. The van der Waals surface area contributed by atoms with E-state index >= 15 is 0 Å². The zero-order valence-electron chi connectivity index (χ0n) is 29.5. The molecule has 2 aromatic carbocycles. The van der Waals surface area contributed by atoms with Gasteiger partial charge in [-0.15, -0.1) is 0 Å². The standard InChI is InChI=1S/C35H46N4O9S2/c1-19-17-34(3,4)36-27-21(19)15-23-26(33-38(7)13-14-39(33)12-10-8-9-11-25(40)41)24-16-22-20(2)18-35(5,6)37-28(22)32(50(45,46)47)30(24)48-29(23)31(27)49(42,43)44/h13-16,19-20,25,36,40-41H,8-12,17-18H2,1-7H3,(H-,42,43,44,45,46,47)/p+1. The van der Waals surface area contributed by atoms with Crippen molar-refractivity contribution in [2.45, 2.75) is 126 Å². The number of anilines is 1. The quantitative estimate of drug-likeness (QED) is 0.0735. The van der Waals surface area contributed by atoms with E-state index < -0.39 is 47.4 Å². The Morgan fingerprint density at radius 2 is 1.62 bits per heavy atom. The fraction of sp³-hybridized carbons (Fsp3) is 0.543. The highest BCUT2D eigenvalue weighted by atomic mass is 32.2. The second-order valence-corrected chi connectivity index (χ2v) is 18.1. The molecule has 2 unspecified atom stereocenters. The van der Waals surface area contributed by atoms with Crippen LogP contribution in [0.4, 0.5) is 5.69 Å². The summed E-state index contributed by atoms with van der Waals surface area (Å²) in [5.74, 6) is -0.214. The lowest BCUT2D eigenvalue weighted by molar-refractivity contribution is -0.673. The largest absolute Gasteiger partial charge is 0.453 e. The van der Waals surface area contributed by atoms with Crippen molar-refractivity contribution in [1.82, 2.24) is 4.57 Å². The number of hydrogen-bond donors (Lipinski definition) is 5. The molecule has 0 fully saturated rings. The smallest absolute Gasteiger partial charge is 0.300 e. The minimum Gasteiger partial charge on any atom is -0.453 e. The number of aliphatic hydroxyl groups excluding tert-OH is 1. The average Bonchev–Trinajstić information content (AvgIpc) is 3.30. The van der Waals surface area contributed by atoms with E-state index in [9.17, 15) is 36.2 Å². The monoisotopic (exact) mass is 731 g/mol. The Balaban J connectivity index is 1.77. The van der Waals surface area contributed by atoms with Crippen molar-refractivity contribution in [3.8, 4) is 11.5 Å². The van der Waals surface area contributed by atoms with Crippen molar-refractivity contribution in [2.75, 3.05) is 5.32 Å². The van der Waals surface area contributed by atoms with E-state index in [1.165, 1.54) is 0 Å². The molecule has 272 valence electrons. The van der Waals surface area contributed by atoms with Crippen molar-refractivity contribution < 1.29 is 45.5 Å². The maximum Gasteiger partial charge on any atom is 0.300 e. The summed E-state index contributed by atoms with van der Waals surface area (Å²) in [5.41, 5.74) is 1.03. The Morgan fingerprint density at radius 3 is 2.26 bits per heavy atom. The van der Waals surface area contributed by atoms with Gasteiger partial charge in [-0.25, -0.2) is 9.13 Å². The highest BCUT2D eigenvalue weighted by Crippen LogP contribution is 2.51. The molecule has 15 heteroatoms. The van der Waals surface area contributed by atoms with Gasteiger partial charge in [0.1, 0.15) is 12.4 Å². The predicted molar refractivity (Wildman–Crippen MR) is 185 cm³/mol. The Bertz CT molecular complexity index is 2240. The number of fused-ring (bicyclic) bond motifs is 4. The Hall–Kier alpha value is -3.34. The first kappa shape index (κ1) is 36.5. The van der Waals surface area contributed by atoms with Crippen molar-refractivity contribution in [2.24, 2.45) is 12.0 Å². The molecule has 5 N–H and O–H groups in total. The lowest BCUT2D eigenvalue weighted by Crippen LogP contribution is -2.40. The third-order valence-corrected chi connectivity index (χ3v) is 11.8. The first-order valence-corrected chi connectivity index (χ1v) is 19.8. The van der Waals surface area contributed by atoms with Crippen molar-refractivity contribution in [3.63, 3.8) is 0 Å². The van der Waals surface area contributed by atoms with Crippen LogP contribution in [-0.4, -0.2) is 58.1 Å². The number of imidazole rings is 1. The number of rotatable bonds is 9. The van der Waals surface area contributed by atoms with Crippen LogP contribution in [0.2, 0.25) is 0 Å². The van der Waals surface area contributed by atoms with Crippen molar-refractivity contribution in [1.29, 1.82) is 0 Å². The molecule has 0 saturated heterocycles. The van der Waals surface area contributed by atoms with Crippen LogP contribution in [0.15, 0.2) is 39.3 Å². The van der Waals surface area contributed by atoms with E-state index in [0.717, 1.165) is 0 Å². The molecule has 2 atom stereocenters. The summed E-state index contributed by atoms with van der Waals surface area (Å²) >= 11 is 0. The summed E-state index contributed by atoms with van der Waals surface area (Å²) in [6.45, 7) is 12.1. The molecule has 0 amide bonds. The summed E-state index contributed by atoms with van der Waals surface area (Å²) < 4.78 is 85.6. The van der Waals surface area contributed by atoms with Gasteiger partial charge in [-0.1, -0.05) is 13.8 Å². The van der Waals surface area contributed by atoms with E-state index in [-0.39, 0.29) is 40.8 Å². The molecule has 0 saturated carbocycles. The molecule has 13 nitrogen and oxygen atoms in total. The third kappa shape index (κ3) is 6.59. The number of unbranched alkanes of at least 4 members (excludes halogenated alkanes) is 2. The summed E-state index contributed by atoms with van der Waals surface area (Å²) in [4.78, 5) is 3.70. The molecular formula is C35H47N4O9S2+. The van der Waals surface area contributed by atoms with Crippen LogP contribution >= 0.6 is 0 Å². The molecule has 4 heterocycles. The molecule has 3 aliphatic heterocycles. The van der Waals surface area contributed by atoms with Gasteiger partial charge in [0.2, 0.25) is 0 Å². The van der Waals surface area contributed by atoms with Crippen LogP contribution in [0.5, 0.6) is 11.5 Å². The minimum atomic E-state index is -5.01. The Morgan fingerprint density at radius 1 is 0.960 bits per heavy atom. The molecule has 3 aromatic rings. The number of aryl methyl sites for hydroxylation is 2. The van der Waals surface area contributed by atoms with Gasteiger partial charge in [-0.3, -0.25) is 14.1 Å². The molecule has 0 bridgehead atoms. The van der Waals surface area contributed by atoms with E-state index in [4.69, 9.17) is 9.73 Å². The number of hydrogen-bond acceptors (Lipinski definition) is 9. The van der Waals surface area contributed by atoms with E-state index in [1.807, 2.05) is 82.3 Å². The van der Waals surface area contributed by atoms with Crippen molar-refractivity contribution in [3.05, 3.63) is 57.6 Å². The van der Waals surface area contributed by atoms with E-state index in [1.54, 1.807) is 0 Å². The van der Waals surface area contributed by atoms with Crippen LogP contribution in [-0.2, 0) is 33.8 Å². The van der Waals surface area contributed by atoms with Gasteiger partial charge in [0.05, 0.1) is 35.7 Å². The Labute approximate surface area is 292 Å². The SMILES string of the molecule is CC1CC(C)(C)Nc2c1cc1c(c2S(=O)(=O)O)Oc2c(S(=O)(=O)O)c3c(cc2=C1c1n(CCCCCC(O)O)cc[n+]1C)C(C)CC(C)(C)N=3. The zero-order valence-corrected chi connectivity index (χ0v) is 31.1. The summed E-state index contributed by atoms with van der Waals surface area (Å²) in [6.07, 6.45) is 5.84. The highest BCUT2D eigenvalue weighted by Gasteiger charge is 2.43. The molecule has 1 aromatic heterocycles.